The second-order valence-electron chi connectivity index (χ2n) is 8.07. The van der Waals surface area contributed by atoms with Crippen molar-refractivity contribution in [3.8, 4) is 11.5 Å². The van der Waals surface area contributed by atoms with Crippen LogP contribution in [0, 0.1) is 0 Å². The van der Waals surface area contributed by atoms with Crippen molar-refractivity contribution in [2.45, 2.75) is 32.2 Å². The highest BCUT2D eigenvalue weighted by atomic mass is 16.5. The quantitative estimate of drug-likeness (QED) is 0.355. The Morgan fingerprint density at radius 3 is 2.48 bits per heavy atom. The predicted octanol–water partition coefficient (Wildman–Crippen LogP) is 5.59. The number of H-pyrrole nitrogens is 1. The van der Waals surface area contributed by atoms with E-state index in [0.717, 1.165) is 34.0 Å². The first kappa shape index (κ1) is 22.5. The van der Waals surface area contributed by atoms with Crippen LogP contribution in [-0.2, 0) is 17.8 Å². The Balaban J connectivity index is 1.69. The number of aromatic amines is 1. The molecule has 3 aromatic carbocycles. The minimum atomic E-state index is -0.138. The molecule has 0 aliphatic carbocycles. The van der Waals surface area contributed by atoms with E-state index in [1.165, 1.54) is 5.56 Å². The van der Waals surface area contributed by atoms with Crippen molar-refractivity contribution in [1.29, 1.82) is 0 Å². The minimum Gasteiger partial charge on any atom is -0.493 e. The first-order valence-electron chi connectivity index (χ1n) is 11.3. The number of benzene rings is 3. The zero-order chi connectivity index (χ0) is 23.2. The van der Waals surface area contributed by atoms with Crippen molar-refractivity contribution in [3.05, 3.63) is 95.2 Å². The van der Waals surface area contributed by atoms with Gasteiger partial charge in [0.25, 0.3) is 0 Å². The molecule has 1 amide bonds. The van der Waals surface area contributed by atoms with E-state index < -0.39 is 0 Å². The van der Waals surface area contributed by atoms with E-state index >= 15 is 0 Å². The lowest BCUT2D eigenvalue weighted by atomic mass is 9.87. The van der Waals surface area contributed by atoms with E-state index in [1.54, 1.807) is 14.2 Å². The summed E-state index contributed by atoms with van der Waals surface area (Å²) in [4.78, 5) is 16.5. The Bertz CT molecular complexity index is 1230. The summed E-state index contributed by atoms with van der Waals surface area (Å²) in [6.45, 7) is 2.66. The maximum atomic E-state index is 13.1. The van der Waals surface area contributed by atoms with Crippen LogP contribution in [0.4, 0.5) is 0 Å². The molecule has 0 radical (unpaired) electrons. The molecule has 0 spiro atoms. The zero-order valence-electron chi connectivity index (χ0n) is 19.4. The molecule has 1 aromatic heterocycles. The topological polar surface area (TPSA) is 63.4 Å². The Morgan fingerprint density at radius 1 is 0.970 bits per heavy atom. The monoisotopic (exact) mass is 442 g/mol. The van der Waals surface area contributed by atoms with E-state index in [2.05, 4.69) is 35.4 Å². The fourth-order valence-electron chi connectivity index (χ4n) is 4.35. The number of aromatic nitrogens is 1. The van der Waals surface area contributed by atoms with Crippen LogP contribution in [0.3, 0.4) is 0 Å². The van der Waals surface area contributed by atoms with Crippen molar-refractivity contribution < 1.29 is 14.3 Å². The van der Waals surface area contributed by atoms with Gasteiger partial charge in [0.1, 0.15) is 0 Å². The maximum Gasteiger partial charge on any atom is 0.221 e. The molecule has 0 aliphatic heterocycles. The van der Waals surface area contributed by atoms with E-state index in [-0.39, 0.29) is 11.8 Å². The highest BCUT2D eigenvalue weighted by Crippen LogP contribution is 2.38. The number of nitrogens with one attached hydrogen (secondary N) is 2. The second kappa shape index (κ2) is 10.3. The van der Waals surface area contributed by atoms with Crippen LogP contribution in [0.15, 0.2) is 72.9 Å². The molecule has 4 aromatic rings. The Labute approximate surface area is 194 Å². The molecule has 0 saturated carbocycles. The minimum absolute atomic E-state index is 0.000339. The third kappa shape index (κ3) is 4.87. The molecular weight excluding hydrogens is 412 g/mol. The van der Waals surface area contributed by atoms with Crippen molar-refractivity contribution in [2.75, 3.05) is 14.2 Å². The summed E-state index contributed by atoms with van der Waals surface area (Å²) in [6, 6.07) is 22.2. The molecule has 0 bridgehead atoms. The second-order valence-corrected chi connectivity index (χ2v) is 8.07. The number of ether oxygens (including phenoxy) is 2. The molecule has 0 aliphatic rings. The first-order valence-corrected chi connectivity index (χ1v) is 11.3. The van der Waals surface area contributed by atoms with Crippen molar-refractivity contribution in [3.63, 3.8) is 0 Å². The van der Waals surface area contributed by atoms with Crippen LogP contribution >= 0.6 is 0 Å². The maximum absolute atomic E-state index is 13.1. The Morgan fingerprint density at radius 2 is 1.76 bits per heavy atom. The lowest BCUT2D eigenvalue weighted by Crippen LogP contribution is -2.25. The molecule has 4 rings (SSSR count). The first-order chi connectivity index (χ1) is 16.1. The number of carbonyl (C=O) groups is 1. The number of hydrogen-bond acceptors (Lipinski definition) is 3. The fourth-order valence-corrected chi connectivity index (χ4v) is 4.35. The Hall–Kier alpha value is -3.73. The largest absolute Gasteiger partial charge is 0.493 e. The number of fused-ring (bicyclic) bond motifs is 1. The van der Waals surface area contributed by atoms with Crippen LogP contribution in [-0.4, -0.2) is 25.1 Å². The highest BCUT2D eigenvalue weighted by molar-refractivity contribution is 5.88. The van der Waals surface area contributed by atoms with Crippen molar-refractivity contribution >= 4 is 16.8 Å². The lowest BCUT2D eigenvalue weighted by molar-refractivity contribution is -0.121. The van der Waals surface area contributed by atoms with Gasteiger partial charge in [-0.1, -0.05) is 61.5 Å². The van der Waals surface area contributed by atoms with Crippen LogP contribution < -0.4 is 14.8 Å². The van der Waals surface area contributed by atoms with E-state index in [4.69, 9.17) is 9.47 Å². The molecule has 1 atom stereocenters. The van der Waals surface area contributed by atoms with Crippen molar-refractivity contribution in [2.24, 2.45) is 0 Å². The molecule has 170 valence electrons. The molecule has 0 saturated heterocycles. The third-order valence-corrected chi connectivity index (χ3v) is 6.12. The molecule has 33 heavy (non-hydrogen) atoms. The molecule has 5 nitrogen and oxygen atoms in total. The third-order valence-electron chi connectivity index (χ3n) is 6.12. The van der Waals surface area contributed by atoms with E-state index in [0.29, 0.717) is 24.5 Å². The van der Waals surface area contributed by atoms with Crippen LogP contribution in [0.1, 0.15) is 41.5 Å². The van der Waals surface area contributed by atoms with Crippen molar-refractivity contribution in [1.82, 2.24) is 10.3 Å². The predicted molar refractivity (Wildman–Crippen MR) is 132 cm³/mol. The van der Waals surface area contributed by atoms with Crippen LogP contribution in [0.2, 0.25) is 0 Å². The number of para-hydroxylation sites is 1. The normalized spacial score (nSPS) is 11.8. The lowest BCUT2D eigenvalue weighted by Gasteiger charge is -2.19. The fraction of sp³-hybridized carbons (Fsp3) is 0.250. The Kier molecular flexibility index (Phi) is 6.98. The number of amides is 1. The summed E-state index contributed by atoms with van der Waals surface area (Å²) in [6.07, 6.45) is 3.30. The van der Waals surface area contributed by atoms with E-state index in [9.17, 15) is 4.79 Å². The van der Waals surface area contributed by atoms with Gasteiger partial charge in [0.2, 0.25) is 5.91 Å². The van der Waals surface area contributed by atoms with Gasteiger partial charge in [-0.05, 0) is 40.8 Å². The average Bonchev–Trinajstić information content (AvgIpc) is 3.30. The summed E-state index contributed by atoms with van der Waals surface area (Å²) in [5.41, 5.74) is 5.57. The zero-order valence-corrected chi connectivity index (χ0v) is 19.4. The van der Waals surface area contributed by atoms with Crippen LogP contribution in [0.25, 0.3) is 10.9 Å². The number of carbonyl (C=O) groups excluding carboxylic acids is 1. The molecular formula is C28H30N2O3. The number of methoxy groups -OCH3 is 2. The summed E-state index contributed by atoms with van der Waals surface area (Å²) in [5, 5.41) is 4.22. The summed E-state index contributed by atoms with van der Waals surface area (Å²) in [5.74, 6) is 1.18. The summed E-state index contributed by atoms with van der Waals surface area (Å²) >= 11 is 0. The van der Waals surface area contributed by atoms with E-state index in [1.807, 2.05) is 54.7 Å². The standard InChI is InChI=1S/C28H30N2O3/c1-4-20-11-8-12-22-24(18-30-28(20)22)23(21-13-14-25(32-2)26(15-21)33-3)16-27(31)29-17-19-9-6-5-7-10-19/h5-15,18,23,30H,4,16-17H2,1-3H3,(H,29,31)/t23-/m0/s1. The van der Waals surface area contributed by atoms with Gasteiger partial charge in [-0.3, -0.25) is 4.79 Å². The van der Waals surface area contributed by atoms with Gasteiger partial charge in [0.15, 0.2) is 11.5 Å². The van der Waals surface area contributed by atoms with Gasteiger partial charge in [-0.15, -0.1) is 0 Å². The van der Waals surface area contributed by atoms with Crippen LogP contribution in [0.5, 0.6) is 11.5 Å². The van der Waals surface area contributed by atoms with Gasteiger partial charge in [-0.25, -0.2) is 0 Å². The highest BCUT2D eigenvalue weighted by Gasteiger charge is 2.23. The number of aryl methyl sites for hydroxylation is 1. The number of hydrogen-bond donors (Lipinski definition) is 2. The van der Waals surface area contributed by atoms with Gasteiger partial charge >= 0.3 is 0 Å². The SMILES string of the molecule is CCc1cccc2c([C@@H](CC(=O)NCc3ccccc3)c3ccc(OC)c(OC)c3)c[nH]c12. The molecule has 5 heteroatoms. The average molecular weight is 443 g/mol. The smallest absolute Gasteiger partial charge is 0.221 e. The molecule has 1 heterocycles. The number of rotatable bonds is 9. The van der Waals surface area contributed by atoms with Gasteiger partial charge in [0.05, 0.1) is 14.2 Å². The van der Waals surface area contributed by atoms with Gasteiger partial charge < -0.3 is 19.8 Å². The molecule has 2 N–H and O–H groups in total. The summed E-state index contributed by atoms with van der Waals surface area (Å²) < 4.78 is 11.0. The van der Waals surface area contributed by atoms with Gasteiger partial charge in [-0.2, -0.15) is 0 Å². The van der Waals surface area contributed by atoms with Gasteiger partial charge in [0, 0.05) is 36.0 Å². The molecule has 0 unspecified atom stereocenters. The summed E-state index contributed by atoms with van der Waals surface area (Å²) in [7, 11) is 3.25. The molecule has 0 fully saturated rings.